The smallest absolute Gasteiger partial charge is 0.243 e. The fourth-order valence-corrected chi connectivity index (χ4v) is 1.84. The van der Waals surface area contributed by atoms with Gasteiger partial charge in [-0.25, -0.2) is 4.52 Å². The standard InChI is InChI=1S/C14H11N5/c15-9-11-4-3-5-12(8-11)10-16-14-17-13-6-1-2-7-19(13)18-14/h1-8H,10H2,(H,16,18). The van der Waals surface area contributed by atoms with Crippen molar-refractivity contribution in [1.29, 1.82) is 5.26 Å². The van der Waals surface area contributed by atoms with E-state index in [0.29, 0.717) is 18.1 Å². The summed E-state index contributed by atoms with van der Waals surface area (Å²) in [5.74, 6) is 0.577. The Bertz CT molecular complexity index is 721. The molecule has 2 heterocycles. The Balaban J connectivity index is 1.76. The minimum atomic E-state index is 0.577. The highest BCUT2D eigenvalue weighted by Crippen LogP contribution is 2.08. The maximum absolute atomic E-state index is 8.84. The SMILES string of the molecule is N#Cc1cccc(CNc2nc3ccccn3n2)c1. The fourth-order valence-electron chi connectivity index (χ4n) is 1.84. The molecule has 0 aliphatic carbocycles. The van der Waals surface area contributed by atoms with Crippen LogP contribution in [-0.4, -0.2) is 14.6 Å². The zero-order valence-electron chi connectivity index (χ0n) is 10.1. The van der Waals surface area contributed by atoms with E-state index in [1.165, 1.54) is 0 Å². The monoisotopic (exact) mass is 249 g/mol. The number of pyridine rings is 1. The number of nitrogens with one attached hydrogen (secondary N) is 1. The van der Waals surface area contributed by atoms with Crippen LogP contribution in [0.1, 0.15) is 11.1 Å². The second-order valence-corrected chi connectivity index (χ2v) is 4.10. The van der Waals surface area contributed by atoms with Gasteiger partial charge in [-0.15, -0.1) is 5.10 Å². The summed E-state index contributed by atoms with van der Waals surface area (Å²) in [4.78, 5) is 4.35. The van der Waals surface area contributed by atoms with Crippen molar-refractivity contribution in [2.45, 2.75) is 6.54 Å². The van der Waals surface area contributed by atoms with Gasteiger partial charge in [0, 0.05) is 12.7 Å². The molecule has 0 bridgehead atoms. The summed E-state index contributed by atoms with van der Waals surface area (Å²) in [6.45, 7) is 0.590. The number of nitrogens with zero attached hydrogens (tertiary/aromatic N) is 4. The first kappa shape index (κ1) is 11.2. The Labute approximate surface area is 110 Å². The number of aromatic nitrogens is 3. The predicted molar refractivity (Wildman–Crippen MR) is 71.5 cm³/mol. The van der Waals surface area contributed by atoms with Crippen molar-refractivity contribution in [3.8, 4) is 6.07 Å². The average molecular weight is 249 g/mol. The molecule has 0 saturated heterocycles. The van der Waals surface area contributed by atoms with Crippen LogP contribution in [0.5, 0.6) is 0 Å². The van der Waals surface area contributed by atoms with Crippen LogP contribution < -0.4 is 5.32 Å². The van der Waals surface area contributed by atoms with Gasteiger partial charge in [0.2, 0.25) is 5.95 Å². The van der Waals surface area contributed by atoms with Crippen molar-refractivity contribution in [1.82, 2.24) is 14.6 Å². The van der Waals surface area contributed by atoms with Gasteiger partial charge in [0.15, 0.2) is 5.65 Å². The Morgan fingerprint density at radius 2 is 2.16 bits per heavy atom. The first-order valence-electron chi connectivity index (χ1n) is 5.89. The maximum atomic E-state index is 8.84. The zero-order valence-corrected chi connectivity index (χ0v) is 10.1. The van der Waals surface area contributed by atoms with Crippen LogP contribution in [0.25, 0.3) is 5.65 Å². The molecule has 92 valence electrons. The van der Waals surface area contributed by atoms with Gasteiger partial charge >= 0.3 is 0 Å². The normalized spacial score (nSPS) is 10.3. The van der Waals surface area contributed by atoms with E-state index >= 15 is 0 Å². The summed E-state index contributed by atoms with van der Waals surface area (Å²) in [5.41, 5.74) is 2.48. The van der Waals surface area contributed by atoms with Crippen LogP contribution in [0.2, 0.25) is 0 Å². The van der Waals surface area contributed by atoms with Crippen LogP contribution in [0.15, 0.2) is 48.7 Å². The summed E-state index contributed by atoms with van der Waals surface area (Å²) in [5, 5.41) is 16.3. The molecule has 0 atom stereocenters. The van der Waals surface area contributed by atoms with Crippen molar-refractivity contribution in [3.05, 3.63) is 59.8 Å². The summed E-state index contributed by atoms with van der Waals surface area (Å²) < 4.78 is 1.72. The Morgan fingerprint density at radius 1 is 1.21 bits per heavy atom. The topological polar surface area (TPSA) is 66.0 Å². The maximum Gasteiger partial charge on any atom is 0.243 e. The van der Waals surface area contributed by atoms with Gasteiger partial charge < -0.3 is 5.32 Å². The molecule has 0 spiro atoms. The molecule has 1 N–H and O–H groups in total. The average Bonchev–Trinajstić information content (AvgIpc) is 2.88. The highest BCUT2D eigenvalue weighted by molar-refractivity contribution is 5.43. The highest BCUT2D eigenvalue weighted by Gasteiger charge is 2.02. The van der Waals surface area contributed by atoms with E-state index in [9.17, 15) is 0 Å². The van der Waals surface area contributed by atoms with Crippen LogP contribution in [0.4, 0.5) is 5.95 Å². The molecular weight excluding hydrogens is 238 g/mol. The van der Waals surface area contributed by atoms with E-state index in [2.05, 4.69) is 21.5 Å². The molecule has 0 saturated carbocycles. The van der Waals surface area contributed by atoms with Crippen LogP contribution in [0, 0.1) is 11.3 Å². The molecule has 0 fully saturated rings. The number of hydrogen-bond donors (Lipinski definition) is 1. The molecule has 5 nitrogen and oxygen atoms in total. The summed E-state index contributed by atoms with van der Waals surface area (Å²) in [6, 6.07) is 15.3. The van der Waals surface area contributed by atoms with Crippen LogP contribution in [0.3, 0.4) is 0 Å². The van der Waals surface area contributed by atoms with Crippen LogP contribution in [-0.2, 0) is 6.54 Å². The first-order valence-corrected chi connectivity index (χ1v) is 5.89. The van der Waals surface area contributed by atoms with Crippen molar-refractivity contribution in [3.63, 3.8) is 0 Å². The van der Waals surface area contributed by atoms with Crippen molar-refractivity contribution < 1.29 is 0 Å². The molecule has 3 rings (SSSR count). The number of benzene rings is 1. The minimum absolute atomic E-state index is 0.577. The molecule has 19 heavy (non-hydrogen) atoms. The lowest BCUT2D eigenvalue weighted by molar-refractivity contribution is 0.950. The third-order valence-electron chi connectivity index (χ3n) is 2.75. The Hall–Kier alpha value is -2.87. The molecule has 3 aromatic rings. The largest absolute Gasteiger partial charge is 0.349 e. The highest BCUT2D eigenvalue weighted by atomic mass is 15.3. The van der Waals surface area contributed by atoms with Gasteiger partial charge in [-0.05, 0) is 29.8 Å². The molecule has 0 unspecified atom stereocenters. The van der Waals surface area contributed by atoms with E-state index < -0.39 is 0 Å². The fraction of sp³-hybridized carbons (Fsp3) is 0.0714. The number of fused-ring (bicyclic) bond motifs is 1. The lowest BCUT2D eigenvalue weighted by Gasteiger charge is -2.01. The first-order chi connectivity index (χ1) is 9.35. The van der Waals surface area contributed by atoms with Crippen molar-refractivity contribution in [2.75, 3.05) is 5.32 Å². The second-order valence-electron chi connectivity index (χ2n) is 4.10. The summed E-state index contributed by atoms with van der Waals surface area (Å²) in [7, 11) is 0. The van der Waals surface area contributed by atoms with E-state index in [1.807, 2.05) is 42.6 Å². The van der Waals surface area contributed by atoms with Gasteiger partial charge in [-0.2, -0.15) is 10.2 Å². The van der Waals surface area contributed by atoms with Crippen molar-refractivity contribution in [2.24, 2.45) is 0 Å². The zero-order chi connectivity index (χ0) is 13.1. The van der Waals surface area contributed by atoms with Gasteiger partial charge in [0.05, 0.1) is 11.6 Å². The van der Waals surface area contributed by atoms with Gasteiger partial charge in [0.25, 0.3) is 0 Å². The molecule has 0 aliphatic rings. The number of hydrogen-bond acceptors (Lipinski definition) is 4. The third kappa shape index (κ3) is 2.38. The van der Waals surface area contributed by atoms with Gasteiger partial charge in [-0.3, -0.25) is 0 Å². The minimum Gasteiger partial charge on any atom is -0.349 e. The molecular formula is C14H11N5. The Morgan fingerprint density at radius 3 is 3.00 bits per heavy atom. The number of nitriles is 1. The van der Waals surface area contributed by atoms with E-state index in [1.54, 1.807) is 10.6 Å². The second kappa shape index (κ2) is 4.78. The summed E-state index contributed by atoms with van der Waals surface area (Å²) in [6.07, 6.45) is 1.85. The molecule has 5 heteroatoms. The van der Waals surface area contributed by atoms with Crippen molar-refractivity contribution >= 4 is 11.6 Å². The third-order valence-corrected chi connectivity index (χ3v) is 2.75. The van der Waals surface area contributed by atoms with E-state index in [-0.39, 0.29) is 0 Å². The number of anilines is 1. The predicted octanol–water partition coefficient (Wildman–Crippen LogP) is 2.21. The molecule has 2 aromatic heterocycles. The summed E-state index contributed by atoms with van der Waals surface area (Å²) >= 11 is 0. The lowest BCUT2D eigenvalue weighted by Crippen LogP contribution is -2.01. The molecule has 0 aliphatic heterocycles. The quantitative estimate of drug-likeness (QED) is 0.772. The van der Waals surface area contributed by atoms with Gasteiger partial charge in [-0.1, -0.05) is 18.2 Å². The number of rotatable bonds is 3. The molecule has 0 amide bonds. The van der Waals surface area contributed by atoms with Gasteiger partial charge in [0.1, 0.15) is 0 Å². The molecule has 1 aromatic carbocycles. The Kier molecular flexibility index (Phi) is 2.83. The van der Waals surface area contributed by atoms with E-state index in [4.69, 9.17) is 5.26 Å². The van der Waals surface area contributed by atoms with E-state index in [0.717, 1.165) is 11.2 Å². The lowest BCUT2D eigenvalue weighted by atomic mass is 10.1. The van der Waals surface area contributed by atoms with Crippen LogP contribution >= 0.6 is 0 Å². The molecule has 0 radical (unpaired) electrons.